The number of benzene rings is 2. The molecule has 1 aliphatic rings. The van der Waals surface area contributed by atoms with Crippen LogP contribution in [0.25, 0.3) is 22.2 Å². The molecule has 3 heterocycles. The largest absolute Gasteiger partial charge is 0.494 e. The number of hydrogen-bond donors (Lipinski definition) is 0. The summed E-state index contributed by atoms with van der Waals surface area (Å²) in [5.74, 6) is 0.265. The van der Waals surface area contributed by atoms with Crippen LogP contribution in [0.5, 0.6) is 17.2 Å². The molecule has 1 saturated heterocycles. The molecule has 4 aromatic rings. The van der Waals surface area contributed by atoms with E-state index >= 15 is 0 Å². The van der Waals surface area contributed by atoms with E-state index in [1.54, 1.807) is 37.3 Å². The Labute approximate surface area is 196 Å². The van der Waals surface area contributed by atoms with Gasteiger partial charge in [-0.25, -0.2) is 0 Å². The van der Waals surface area contributed by atoms with E-state index in [4.69, 9.17) is 14.6 Å². The second kappa shape index (κ2) is 8.78. The molecular weight excluding hydrogens is 435 g/mol. The molecule has 0 saturated carbocycles. The zero-order valence-electron chi connectivity index (χ0n) is 19.3. The zero-order chi connectivity index (χ0) is 23.8. The first kappa shape index (κ1) is 21.9. The van der Waals surface area contributed by atoms with Crippen molar-refractivity contribution in [3.8, 4) is 28.5 Å². The number of pyridine rings is 1. The monoisotopic (exact) mass is 460 g/mol. The average molecular weight is 461 g/mol. The second-order valence-corrected chi connectivity index (χ2v) is 8.45. The minimum atomic E-state index is -0.545. The van der Waals surface area contributed by atoms with Crippen molar-refractivity contribution in [3.05, 3.63) is 66.2 Å². The van der Waals surface area contributed by atoms with Crippen LogP contribution in [-0.2, 0) is 4.79 Å². The molecule has 0 N–H and O–H groups in total. The van der Waals surface area contributed by atoms with Gasteiger partial charge < -0.3 is 14.4 Å². The smallest absolute Gasteiger partial charge is 0.219 e. The first-order chi connectivity index (χ1) is 16.5. The van der Waals surface area contributed by atoms with Crippen molar-refractivity contribution in [2.24, 2.45) is 0 Å². The maximum atomic E-state index is 14.4. The van der Waals surface area contributed by atoms with E-state index in [1.165, 1.54) is 7.11 Å². The normalized spacial score (nSPS) is 15.6. The third-order valence-corrected chi connectivity index (χ3v) is 6.25. The lowest BCUT2D eigenvalue weighted by atomic mass is 10.1. The standard InChI is InChI=1S/C26H25FN4O3/c1-16-13-28-14-21-25(29-31(26(16)21)19-11-12-30(15-19)17(2)32)18-7-9-20(10-8-18)34-23-6-4-5-22(33-3)24(23)27/h4-10,13-14,19H,11-12,15H2,1-3H3/t19-/m1/s1. The molecule has 2 aromatic carbocycles. The fourth-order valence-corrected chi connectivity index (χ4v) is 4.49. The predicted octanol–water partition coefficient (Wildman–Crippen LogP) is 5.14. The number of likely N-dealkylation sites (tertiary alicyclic amines) is 1. The lowest BCUT2D eigenvalue weighted by Gasteiger charge is -2.15. The number of hydrogen-bond acceptors (Lipinski definition) is 5. The maximum Gasteiger partial charge on any atom is 0.219 e. The molecule has 5 rings (SSSR count). The number of methoxy groups -OCH3 is 1. The van der Waals surface area contributed by atoms with Crippen molar-refractivity contribution in [3.63, 3.8) is 0 Å². The van der Waals surface area contributed by atoms with Crippen LogP contribution in [-0.4, -0.2) is 45.8 Å². The highest BCUT2D eigenvalue weighted by atomic mass is 19.1. The summed E-state index contributed by atoms with van der Waals surface area (Å²) < 4.78 is 27.3. The molecule has 7 nitrogen and oxygen atoms in total. The van der Waals surface area contributed by atoms with Gasteiger partial charge in [0.1, 0.15) is 11.4 Å². The lowest BCUT2D eigenvalue weighted by molar-refractivity contribution is -0.127. The second-order valence-electron chi connectivity index (χ2n) is 8.45. The Balaban J connectivity index is 1.48. The van der Waals surface area contributed by atoms with E-state index in [0.29, 0.717) is 12.3 Å². The molecule has 0 spiro atoms. The summed E-state index contributed by atoms with van der Waals surface area (Å²) in [5.41, 5.74) is 3.77. The lowest BCUT2D eigenvalue weighted by Crippen LogP contribution is -2.26. The van der Waals surface area contributed by atoms with Crippen molar-refractivity contribution < 1.29 is 18.7 Å². The summed E-state index contributed by atoms with van der Waals surface area (Å²) in [6, 6.07) is 12.3. The Hall–Kier alpha value is -3.94. The maximum absolute atomic E-state index is 14.4. The Morgan fingerprint density at radius 3 is 2.59 bits per heavy atom. The Morgan fingerprint density at radius 2 is 1.88 bits per heavy atom. The van der Waals surface area contributed by atoms with Gasteiger partial charge in [-0.3, -0.25) is 14.5 Å². The molecule has 1 amide bonds. The van der Waals surface area contributed by atoms with Crippen LogP contribution >= 0.6 is 0 Å². The summed E-state index contributed by atoms with van der Waals surface area (Å²) in [6.07, 6.45) is 4.52. The number of amides is 1. The van der Waals surface area contributed by atoms with Gasteiger partial charge in [0.25, 0.3) is 0 Å². The van der Waals surface area contributed by atoms with Gasteiger partial charge in [-0.15, -0.1) is 0 Å². The molecule has 1 aliphatic heterocycles. The van der Waals surface area contributed by atoms with Crippen LogP contribution in [0.3, 0.4) is 0 Å². The molecule has 8 heteroatoms. The average Bonchev–Trinajstić information content (AvgIpc) is 3.47. The summed E-state index contributed by atoms with van der Waals surface area (Å²) in [5, 5.41) is 5.92. The van der Waals surface area contributed by atoms with Crippen molar-refractivity contribution in [1.29, 1.82) is 0 Å². The third kappa shape index (κ3) is 3.85. The zero-order valence-corrected chi connectivity index (χ0v) is 19.3. The fourth-order valence-electron chi connectivity index (χ4n) is 4.49. The van der Waals surface area contributed by atoms with Gasteiger partial charge in [0.05, 0.1) is 18.7 Å². The van der Waals surface area contributed by atoms with Gasteiger partial charge in [0, 0.05) is 43.4 Å². The van der Waals surface area contributed by atoms with E-state index < -0.39 is 5.82 Å². The number of carbonyl (C=O) groups excluding carboxylic acids is 1. The van der Waals surface area contributed by atoms with Gasteiger partial charge in [-0.1, -0.05) is 6.07 Å². The number of ether oxygens (including phenoxy) is 2. The highest BCUT2D eigenvalue weighted by Gasteiger charge is 2.29. The minimum absolute atomic E-state index is 0.0839. The SMILES string of the molecule is COc1cccc(Oc2ccc(-c3nn([C@@H]4CCN(C(C)=O)C4)c4c(C)cncc34)cc2)c1F. The number of rotatable bonds is 5. The minimum Gasteiger partial charge on any atom is -0.494 e. The quantitative estimate of drug-likeness (QED) is 0.413. The van der Waals surface area contributed by atoms with E-state index in [9.17, 15) is 9.18 Å². The van der Waals surface area contributed by atoms with Gasteiger partial charge in [0.15, 0.2) is 11.5 Å². The highest BCUT2D eigenvalue weighted by Crippen LogP contribution is 2.35. The van der Waals surface area contributed by atoms with E-state index in [1.807, 2.05) is 41.0 Å². The number of halogens is 1. The van der Waals surface area contributed by atoms with Gasteiger partial charge in [-0.05, 0) is 55.3 Å². The first-order valence-electron chi connectivity index (χ1n) is 11.2. The molecule has 0 aliphatic carbocycles. The molecule has 174 valence electrons. The van der Waals surface area contributed by atoms with Crippen LogP contribution in [0, 0.1) is 12.7 Å². The fraction of sp³-hybridized carbons (Fsp3) is 0.269. The summed E-state index contributed by atoms with van der Waals surface area (Å²) in [4.78, 5) is 18.1. The van der Waals surface area contributed by atoms with Crippen molar-refractivity contribution >= 4 is 16.8 Å². The number of aryl methyl sites for hydroxylation is 1. The van der Waals surface area contributed by atoms with E-state index in [2.05, 4.69) is 4.98 Å². The Morgan fingerprint density at radius 1 is 1.12 bits per heavy atom. The number of aromatic nitrogens is 3. The molecule has 0 unspecified atom stereocenters. The molecular formula is C26H25FN4O3. The number of fused-ring (bicyclic) bond motifs is 1. The Bertz CT molecular complexity index is 1370. The third-order valence-electron chi connectivity index (χ3n) is 6.25. The first-order valence-corrected chi connectivity index (χ1v) is 11.2. The van der Waals surface area contributed by atoms with E-state index in [-0.39, 0.29) is 23.4 Å². The summed E-state index contributed by atoms with van der Waals surface area (Å²) >= 11 is 0. The van der Waals surface area contributed by atoms with Gasteiger partial charge in [0.2, 0.25) is 11.7 Å². The topological polar surface area (TPSA) is 69.5 Å². The predicted molar refractivity (Wildman–Crippen MR) is 127 cm³/mol. The molecule has 2 aromatic heterocycles. The van der Waals surface area contributed by atoms with Crippen LogP contribution in [0.4, 0.5) is 4.39 Å². The molecule has 0 bridgehead atoms. The van der Waals surface area contributed by atoms with Crippen molar-refractivity contribution in [2.75, 3.05) is 20.2 Å². The molecule has 1 atom stereocenters. The van der Waals surface area contributed by atoms with Crippen LogP contribution in [0.15, 0.2) is 54.9 Å². The van der Waals surface area contributed by atoms with E-state index in [0.717, 1.165) is 40.7 Å². The Kier molecular flexibility index (Phi) is 5.65. The van der Waals surface area contributed by atoms with Crippen LogP contribution in [0.2, 0.25) is 0 Å². The van der Waals surface area contributed by atoms with Crippen molar-refractivity contribution in [1.82, 2.24) is 19.7 Å². The molecule has 1 fully saturated rings. The van der Waals surface area contributed by atoms with Gasteiger partial charge >= 0.3 is 0 Å². The van der Waals surface area contributed by atoms with Crippen LogP contribution in [0.1, 0.15) is 24.9 Å². The van der Waals surface area contributed by atoms with Gasteiger partial charge in [-0.2, -0.15) is 9.49 Å². The summed E-state index contributed by atoms with van der Waals surface area (Å²) in [6.45, 7) is 5.00. The van der Waals surface area contributed by atoms with Crippen LogP contribution < -0.4 is 9.47 Å². The summed E-state index contributed by atoms with van der Waals surface area (Å²) in [7, 11) is 1.42. The molecule has 34 heavy (non-hydrogen) atoms. The number of nitrogens with zero attached hydrogens (tertiary/aromatic N) is 4. The molecule has 0 radical (unpaired) electrons. The number of carbonyl (C=O) groups is 1. The van der Waals surface area contributed by atoms with Crippen molar-refractivity contribution in [2.45, 2.75) is 26.3 Å². The highest BCUT2D eigenvalue weighted by molar-refractivity contribution is 5.94.